The molecule has 5 rings (SSSR count). The zero-order valence-corrected chi connectivity index (χ0v) is 20.8. The number of benzene rings is 2. The number of nitrogens with zero attached hydrogens (tertiary/aromatic N) is 3. The van der Waals surface area contributed by atoms with E-state index in [2.05, 4.69) is 39.7 Å². The molecule has 0 radical (unpaired) electrons. The van der Waals surface area contributed by atoms with Gasteiger partial charge in [0.15, 0.2) is 5.11 Å². The van der Waals surface area contributed by atoms with Gasteiger partial charge in [-0.05, 0) is 74.1 Å². The highest BCUT2D eigenvalue weighted by Crippen LogP contribution is 2.46. The minimum atomic E-state index is -0.140. The number of aryl methyl sites for hydroxylation is 1. The summed E-state index contributed by atoms with van der Waals surface area (Å²) in [5.74, 6) is 0.762. The first-order valence-corrected chi connectivity index (χ1v) is 11.9. The summed E-state index contributed by atoms with van der Waals surface area (Å²) >= 11 is 12.5. The van der Waals surface area contributed by atoms with Crippen molar-refractivity contribution < 1.29 is 4.74 Å². The van der Waals surface area contributed by atoms with Crippen molar-refractivity contribution in [3.05, 3.63) is 107 Å². The summed E-state index contributed by atoms with van der Waals surface area (Å²) in [6.07, 6.45) is 1.82. The zero-order valence-electron chi connectivity index (χ0n) is 19.2. The van der Waals surface area contributed by atoms with E-state index in [0.29, 0.717) is 10.1 Å². The number of anilines is 1. The van der Waals surface area contributed by atoms with Crippen LogP contribution in [0.2, 0.25) is 5.02 Å². The van der Waals surface area contributed by atoms with Crippen LogP contribution in [0.5, 0.6) is 5.75 Å². The van der Waals surface area contributed by atoms with Crippen molar-refractivity contribution in [2.45, 2.75) is 25.9 Å². The first-order valence-electron chi connectivity index (χ1n) is 11.1. The molecule has 34 heavy (non-hydrogen) atoms. The van der Waals surface area contributed by atoms with E-state index in [1.54, 1.807) is 7.11 Å². The van der Waals surface area contributed by atoms with Gasteiger partial charge in [0.2, 0.25) is 0 Å². The zero-order chi connectivity index (χ0) is 23.8. The molecule has 172 valence electrons. The number of aromatic nitrogens is 2. The topological polar surface area (TPSA) is 42.3 Å². The summed E-state index contributed by atoms with van der Waals surface area (Å²) in [7, 11) is 1.68. The Balaban J connectivity index is 1.72. The molecule has 1 aliphatic rings. The van der Waals surface area contributed by atoms with Gasteiger partial charge in [-0.3, -0.25) is 4.98 Å². The molecule has 2 aromatic heterocycles. The van der Waals surface area contributed by atoms with Crippen molar-refractivity contribution in [2.75, 3.05) is 12.0 Å². The minimum absolute atomic E-state index is 0.138. The number of ether oxygens (including phenoxy) is 1. The lowest BCUT2D eigenvalue weighted by Crippen LogP contribution is -2.30. The fraction of sp³-hybridized carbons (Fsp3) is 0.185. The molecule has 0 unspecified atom stereocenters. The van der Waals surface area contributed by atoms with Crippen LogP contribution < -0.4 is 15.0 Å². The highest BCUT2D eigenvalue weighted by atomic mass is 35.5. The van der Waals surface area contributed by atoms with E-state index in [1.807, 2.05) is 72.9 Å². The second-order valence-electron chi connectivity index (χ2n) is 8.28. The molecule has 0 saturated carbocycles. The summed E-state index contributed by atoms with van der Waals surface area (Å²) in [6.45, 7) is 4.23. The van der Waals surface area contributed by atoms with E-state index in [0.717, 1.165) is 39.8 Å². The second-order valence-corrected chi connectivity index (χ2v) is 9.08. The number of para-hydroxylation sites is 3. The molecular formula is C27H25ClN4OS. The number of nitrogens with one attached hydrogen (secondary N) is 1. The Hall–Kier alpha value is -3.35. The van der Waals surface area contributed by atoms with Crippen molar-refractivity contribution in [1.29, 1.82) is 0 Å². The van der Waals surface area contributed by atoms with E-state index in [1.165, 1.54) is 0 Å². The first-order chi connectivity index (χ1) is 16.5. The highest BCUT2D eigenvalue weighted by Gasteiger charge is 2.43. The number of hydrogen-bond acceptors (Lipinski definition) is 3. The lowest BCUT2D eigenvalue weighted by Gasteiger charge is -2.29. The second kappa shape index (κ2) is 9.12. The molecule has 0 spiro atoms. The number of hydrogen-bond donors (Lipinski definition) is 1. The van der Waals surface area contributed by atoms with Crippen LogP contribution in [0.15, 0.2) is 79.0 Å². The lowest BCUT2D eigenvalue weighted by molar-refractivity contribution is 0.414. The molecule has 0 bridgehead atoms. The third-order valence-corrected chi connectivity index (χ3v) is 6.96. The van der Waals surface area contributed by atoms with Gasteiger partial charge in [0.05, 0.1) is 41.3 Å². The van der Waals surface area contributed by atoms with Crippen LogP contribution in [0.3, 0.4) is 0 Å². The standard InChI is InChI=1S/C27H25ClN4OS/c1-17-16-19(18(2)31(17)22-12-5-4-10-20(22)28)26-25(21-11-8-9-15-29-21)30-27(34)32(26)23-13-6-7-14-24(23)33-3/h4-16,25-26H,1-3H3,(H,30,34)/t25-,26-/m1/s1. The number of methoxy groups -OCH3 is 1. The molecule has 5 nitrogen and oxygen atoms in total. The van der Waals surface area contributed by atoms with Crippen molar-refractivity contribution in [3.8, 4) is 11.4 Å². The van der Waals surface area contributed by atoms with E-state index in [-0.39, 0.29) is 12.1 Å². The van der Waals surface area contributed by atoms with Gasteiger partial charge in [-0.1, -0.05) is 41.9 Å². The molecule has 4 aromatic rings. The normalized spacial score (nSPS) is 17.6. The third-order valence-electron chi connectivity index (χ3n) is 6.33. The Kier molecular flexibility index (Phi) is 6.02. The van der Waals surface area contributed by atoms with Gasteiger partial charge >= 0.3 is 0 Å². The van der Waals surface area contributed by atoms with Crippen LogP contribution in [0.4, 0.5) is 5.69 Å². The predicted octanol–water partition coefficient (Wildman–Crippen LogP) is 6.33. The van der Waals surface area contributed by atoms with Crippen LogP contribution >= 0.6 is 23.8 Å². The summed E-state index contributed by atoms with van der Waals surface area (Å²) < 4.78 is 7.91. The summed E-state index contributed by atoms with van der Waals surface area (Å²) in [4.78, 5) is 6.81. The molecule has 1 aliphatic heterocycles. The monoisotopic (exact) mass is 488 g/mol. The molecule has 3 heterocycles. The van der Waals surface area contributed by atoms with E-state index in [4.69, 9.17) is 28.6 Å². The van der Waals surface area contributed by atoms with E-state index in [9.17, 15) is 0 Å². The van der Waals surface area contributed by atoms with Crippen molar-refractivity contribution in [1.82, 2.24) is 14.9 Å². The van der Waals surface area contributed by atoms with E-state index >= 15 is 0 Å². The van der Waals surface area contributed by atoms with E-state index < -0.39 is 0 Å². The summed E-state index contributed by atoms with van der Waals surface area (Å²) in [6, 6.07) is 23.8. The lowest BCUT2D eigenvalue weighted by atomic mass is 9.96. The van der Waals surface area contributed by atoms with Gasteiger partial charge in [-0.15, -0.1) is 0 Å². The molecule has 0 amide bonds. The smallest absolute Gasteiger partial charge is 0.174 e. The van der Waals surface area contributed by atoms with Gasteiger partial charge in [0, 0.05) is 17.6 Å². The maximum absolute atomic E-state index is 6.59. The Morgan fingerprint density at radius 2 is 1.68 bits per heavy atom. The van der Waals surface area contributed by atoms with Crippen LogP contribution in [-0.4, -0.2) is 21.8 Å². The van der Waals surface area contributed by atoms with Gasteiger partial charge in [0.25, 0.3) is 0 Å². The van der Waals surface area contributed by atoms with Crippen molar-refractivity contribution in [2.24, 2.45) is 0 Å². The van der Waals surface area contributed by atoms with Gasteiger partial charge in [-0.25, -0.2) is 0 Å². The number of rotatable bonds is 5. The minimum Gasteiger partial charge on any atom is -0.495 e. The quantitative estimate of drug-likeness (QED) is 0.332. The SMILES string of the molecule is COc1ccccc1N1C(=S)N[C@H](c2ccccn2)[C@H]1c1cc(C)n(-c2ccccc2Cl)c1C. The molecule has 1 N–H and O–H groups in total. The molecule has 7 heteroatoms. The Morgan fingerprint density at radius 1 is 0.971 bits per heavy atom. The summed E-state index contributed by atoms with van der Waals surface area (Å²) in [5, 5.41) is 4.87. The van der Waals surface area contributed by atoms with Gasteiger partial charge in [0.1, 0.15) is 5.75 Å². The molecular weight excluding hydrogens is 464 g/mol. The molecule has 2 aromatic carbocycles. The third kappa shape index (κ3) is 3.73. The summed E-state index contributed by atoms with van der Waals surface area (Å²) in [5.41, 5.74) is 6.13. The van der Waals surface area contributed by atoms with Crippen LogP contribution in [0.25, 0.3) is 5.69 Å². The number of halogens is 1. The molecule has 1 saturated heterocycles. The Morgan fingerprint density at radius 3 is 2.38 bits per heavy atom. The van der Waals surface area contributed by atoms with Crippen molar-refractivity contribution in [3.63, 3.8) is 0 Å². The van der Waals surface area contributed by atoms with Crippen LogP contribution in [0, 0.1) is 13.8 Å². The maximum atomic E-state index is 6.59. The maximum Gasteiger partial charge on any atom is 0.174 e. The number of pyridine rings is 1. The highest BCUT2D eigenvalue weighted by molar-refractivity contribution is 7.80. The van der Waals surface area contributed by atoms with Crippen LogP contribution in [-0.2, 0) is 0 Å². The predicted molar refractivity (Wildman–Crippen MR) is 141 cm³/mol. The fourth-order valence-corrected chi connectivity index (χ4v) is 5.41. The molecule has 1 fully saturated rings. The largest absolute Gasteiger partial charge is 0.495 e. The number of thiocarbonyl (C=S) groups is 1. The van der Waals surface area contributed by atoms with Gasteiger partial charge < -0.3 is 19.5 Å². The van der Waals surface area contributed by atoms with Crippen LogP contribution in [0.1, 0.15) is 34.7 Å². The fourth-order valence-electron chi connectivity index (χ4n) is 4.85. The van der Waals surface area contributed by atoms with Crippen molar-refractivity contribution >= 4 is 34.6 Å². The average molecular weight is 489 g/mol. The first kappa shape index (κ1) is 22.4. The van der Waals surface area contributed by atoms with Gasteiger partial charge in [-0.2, -0.15) is 0 Å². The Labute approximate surface area is 210 Å². The average Bonchev–Trinajstić information content (AvgIpc) is 3.35. The molecule has 0 aliphatic carbocycles. The molecule has 2 atom stereocenters. The Bertz CT molecular complexity index is 1350.